The molecule has 0 atom stereocenters. The van der Waals surface area contributed by atoms with Crippen LogP contribution in [0.4, 0.5) is 31.8 Å². The van der Waals surface area contributed by atoms with Crippen molar-refractivity contribution in [2.75, 3.05) is 17.2 Å². The van der Waals surface area contributed by atoms with Gasteiger partial charge in [-0.1, -0.05) is 0 Å². The van der Waals surface area contributed by atoms with Crippen molar-refractivity contribution in [3.8, 4) is 0 Å². The van der Waals surface area contributed by atoms with Crippen molar-refractivity contribution >= 4 is 23.0 Å². The van der Waals surface area contributed by atoms with Crippen LogP contribution in [0.2, 0.25) is 0 Å². The number of anilines is 3. The molecule has 1 aromatic carbocycles. The topological polar surface area (TPSA) is 80.1 Å². The molecule has 110 valence electrons. The van der Waals surface area contributed by atoms with Crippen LogP contribution in [0, 0.1) is 21.7 Å². The van der Waals surface area contributed by atoms with Gasteiger partial charge in [0.2, 0.25) is 5.82 Å². The molecule has 2 N–H and O–H groups in total. The molecule has 0 spiro atoms. The SMILES string of the molecule is CCNc1ccc([N+](=O)[O-])c(Nc2ccc(F)cc2F)n1. The van der Waals surface area contributed by atoms with Crippen LogP contribution in [-0.2, 0) is 0 Å². The van der Waals surface area contributed by atoms with Crippen LogP contribution in [0.3, 0.4) is 0 Å². The minimum Gasteiger partial charge on any atom is -0.370 e. The molecule has 0 bridgehead atoms. The highest BCUT2D eigenvalue weighted by molar-refractivity contribution is 5.68. The van der Waals surface area contributed by atoms with E-state index in [1.165, 1.54) is 12.1 Å². The standard InChI is InChI=1S/C13H12F2N4O2/c1-2-16-12-6-5-11(19(20)21)13(18-12)17-10-4-3-8(14)7-9(10)15/h3-7H,2H2,1H3,(H2,16,17,18). The fourth-order valence-electron chi connectivity index (χ4n) is 1.69. The van der Waals surface area contributed by atoms with Gasteiger partial charge < -0.3 is 10.6 Å². The van der Waals surface area contributed by atoms with E-state index >= 15 is 0 Å². The largest absolute Gasteiger partial charge is 0.370 e. The Hall–Kier alpha value is -2.77. The molecule has 8 heteroatoms. The molecule has 0 aliphatic carbocycles. The number of nitrogens with one attached hydrogen (secondary N) is 2. The van der Waals surface area contributed by atoms with Gasteiger partial charge in [0.1, 0.15) is 17.5 Å². The summed E-state index contributed by atoms with van der Waals surface area (Å²) in [4.78, 5) is 14.4. The van der Waals surface area contributed by atoms with Crippen LogP contribution in [0.5, 0.6) is 0 Å². The Morgan fingerprint density at radius 2 is 2.05 bits per heavy atom. The predicted molar refractivity (Wildman–Crippen MR) is 74.7 cm³/mol. The van der Waals surface area contributed by atoms with Crippen LogP contribution in [0.1, 0.15) is 6.92 Å². The zero-order chi connectivity index (χ0) is 15.4. The Kier molecular flexibility index (Phi) is 4.27. The van der Waals surface area contributed by atoms with Crippen molar-refractivity contribution in [3.05, 3.63) is 52.1 Å². The van der Waals surface area contributed by atoms with Gasteiger partial charge in [0.15, 0.2) is 0 Å². The Morgan fingerprint density at radius 1 is 1.29 bits per heavy atom. The summed E-state index contributed by atoms with van der Waals surface area (Å²) in [6.45, 7) is 2.42. The quantitative estimate of drug-likeness (QED) is 0.652. The van der Waals surface area contributed by atoms with E-state index < -0.39 is 16.6 Å². The number of nitrogens with zero attached hydrogens (tertiary/aromatic N) is 2. The third-order valence-corrected chi connectivity index (χ3v) is 2.61. The van der Waals surface area contributed by atoms with Crippen molar-refractivity contribution in [2.45, 2.75) is 6.92 Å². The fraction of sp³-hybridized carbons (Fsp3) is 0.154. The Morgan fingerprint density at radius 3 is 2.67 bits per heavy atom. The minimum absolute atomic E-state index is 0.0966. The molecule has 1 aromatic heterocycles. The van der Waals surface area contributed by atoms with Crippen LogP contribution < -0.4 is 10.6 Å². The van der Waals surface area contributed by atoms with Gasteiger partial charge in [-0.3, -0.25) is 10.1 Å². The summed E-state index contributed by atoms with van der Waals surface area (Å²) in [6.07, 6.45) is 0. The lowest BCUT2D eigenvalue weighted by Crippen LogP contribution is -2.05. The molecule has 0 amide bonds. The van der Waals surface area contributed by atoms with Gasteiger partial charge >= 0.3 is 5.69 Å². The summed E-state index contributed by atoms with van der Waals surface area (Å²) in [7, 11) is 0. The molecule has 1 heterocycles. The maximum Gasteiger partial charge on any atom is 0.311 e. The summed E-state index contributed by atoms with van der Waals surface area (Å²) >= 11 is 0. The van der Waals surface area contributed by atoms with Crippen LogP contribution in [0.15, 0.2) is 30.3 Å². The highest BCUT2D eigenvalue weighted by atomic mass is 19.1. The van der Waals surface area contributed by atoms with Gasteiger partial charge in [-0.05, 0) is 25.1 Å². The van der Waals surface area contributed by atoms with Crippen molar-refractivity contribution in [1.82, 2.24) is 4.98 Å². The normalized spacial score (nSPS) is 10.2. The smallest absolute Gasteiger partial charge is 0.311 e. The van der Waals surface area contributed by atoms with Gasteiger partial charge in [-0.15, -0.1) is 0 Å². The number of nitro groups is 1. The lowest BCUT2D eigenvalue weighted by molar-refractivity contribution is -0.384. The first-order valence-corrected chi connectivity index (χ1v) is 6.12. The molecule has 0 radical (unpaired) electrons. The van der Waals surface area contributed by atoms with Gasteiger partial charge in [-0.25, -0.2) is 13.8 Å². The molecule has 0 unspecified atom stereocenters. The molecular weight excluding hydrogens is 282 g/mol. The first kappa shape index (κ1) is 14.6. The third-order valence-electron chi connectivity index (χ3n) is 2.61. The molecule has 6 nitrogen and oxygen atoms in total. The molecule has 2 aromatic rings. The lowest BCUT2D eigenvalue weighted by atomic mass is 10.3. The first-order chi connectivity index (χ1) is 10.0. The van der Waals surface area contributed by atoms with Crippen LogP contribution in [-0.4, -0.2) is 16.5 Å². The summed E-state index contributed by atoms with van der Waals surface area (Å²) in [5, 5.41) is 16.4. The maximum atomic E-state index is 13.6. The molecule has 0 aliphatic rings. The van der Waals surface area contributed by atoms with E-state index in [1.807, 2.05) is 6.92 Å². The van der Waals surface area contributed by atoms with Crippen molar-refractivity contribution < 1.29 is 13.7 Å². The van der Waals surface area contributed by atoms with Gasteiger partial charge in [0.05, 0.1) is 10.6 Å². The Balaban J connectivity index is 2.40. The van der Waals surface area contributed by atoms with E-state index in [2.05, 4.69) is 15.6 Å². The maximum absolute atomic E-state index is 13.6. The molecule has 0 saturated carbocycles. The third kappa shape index (κ3) is 3.41. The van der Waals surface area contributed by atoms with E-state index in [1.54, 1.807) is 0 Å². The van der Waals surface area contributed by atoms with Crippen molar-refractivity contribution in [2.24, 2.45) is 0 Å². The van der Waals surface area contributed by atoms with Crippen LogP contribution >= 0.6 is 0 Å². The van der Waals surface area contributed by atoms with Gasteiger partial charge in [0.25, 0.3) is 0 Å². The van der Waals surface area contributed by atoms with Gasteiger partial charge in [0, 0.05) is 18.7 Å². The zero-order valence-electron chi connectivity index (χ0n) is 11.1. The van der Waals surface area contributed by atoms with Crippen molar-refractivity contribution in [1.29, 1.82) is 0 Å². The number of halogens is 2. The summed E-state index contributed by atoms with van der Waals surface area (Å²) in [6, 6.07) is 5.59. The predicted octanol–water partition coefficient (Wildman–Crippen LogP) is 3.44. The number of pyridine rings is 1. The summed E-state index contributed by atoms with van der Waals surface area (Å²) in [5.41, 5.74) is -0.402. The molecule has 0 aliphatic heterocycles. The van der Waals surface area contributed by atoms with E-state index in [0.29, 0.717) is 18.4 Å². The number of hydrogen-bond donors (Lipinski definition) is 2. The first-order valence-electron chi connectivity index (χ1n) is 6.12. The molecule has 0 saturated heterocycles. The molecule has 2 rings (SSSR count). The second-order valence-corrected chi connectivity index (χ2v) is 4.10. The van der Waals surface area contributed by atoms with Gasteiger partial charge in [-0.2, -0.15) is 0 Å². The summed E-state index contributed by atoms with van der Waals surface area (Å²) in [5.74, 6) is -1.31. The van der Waals surface area contributed by atoms with E-state index in [0.717, 1.165) is 12.1 Å². The summed E-state index contributed by atoms with van der Waals surface area (Å²) < 4.78 is 26.5. The number of hydrogen-bond acceptors (Lipinski definition) is 5. The second kappa shape index (κ2) is 6.12. The van der Waals surface area contributed by atoms with Crippen LogP contribution in [0.25, 0.3) is 0 Å². The average Bonchev–Trinajstić information content (AvgIpc) is 2.42. The minimum atomic E-state index is -0.861. The molecule has 21 heavy (non-hydrogen) atoms. The monoisotopic (exact) mass is 294 g/mol. The fourth-order valence-corrected chi connectivity index (χ4v) is 1.69. The van der Waals surface area contributed by atoms with Crippen molar-refractivity contribution in [3.63, 3.8) is 0 Å². The van der Waals surface area contributed by atoms with E-state index in [9.17, 15) is 18.9 Å². The second-order valence-electron chi connectivity index (χ2n) is 4.10. The molecule has 0 fully saturated rings. The molecular formula is C13H12F2N4O2. The zero-order valence-corrected chi connectivity index (χ0v) is 11.1. The van der Waals surface area contributed by atoms with E-state index in [-0.39, 0.29) is 17.2 Å². The number of rotatable bonds is 5. The number of benzene rings is 1. The Labute approximate surface area is 119 Å². The number of aromatic nitrogens is 1. The highest BCUT2D eigenvalue weighted by Gasteiger charge is 2.17. The van der Waals surface area contributed by atoms with E-state index in [4.69, 9.17) is 0 Å². The highest BCUT2D eigenvalue weighted by Crippen LogP contribution is 2.28. The average molecular weight is 294 g/mol. The Bertz CT molecular complexity index is 679. The lowest BCUT2D eigenvalue weighted by Gasteiger charge is -2.09.